The Kier molecular flexibility index (Phi) is 8.62. The normalized spacial score (nSPS) is 10.5. The molecule has 0 saturated heterocycles. The van der Waals surface area contributed by atoms with Crippen LogP contribution in [0.2, 0.25) is 0 Å². The minimum Gasteiger partial charge on any atom is -0.493 e. The monoisotopic (exact) mass is 331 g/mol. The molecule has 5 heteroatoms. The van der Waals surface area contributed by atoms with E-state index in [0.29, 0.717) is 6.61 Å². The fourth-order valence-corrected chi connectivity index (χ4v) is 2.05. The van der Waals surface area contributed by atoms with Gasteiger partial charge in [-0.2, -0.15) is 0 Å². The summed E-state index contributed by atoms with van der Waals surface area (Å²) in [5.41, 5.74) is 0. The molecule has 0 spiro atoms. The predicted octanol–water partition coefficient (Wildman–Crippen LogP) is 2.85. The van der Waals surface area contributed by atoms with E-state index in [-0.39, 0.29) is 0 Å². The fraction of sp³-hybridized carbons (Fsp3) is 0.571. The van der Waals surface area contributed by atoms with Crippen molar-refractivity contribution in [3.8, 4) is 11.5 Å². The van der Waals surface area contributed by atoms with Crippen LogP contribution in [0, 0.1) is 0 Å². The third kappa shape index (κ3) is 6.27. The van der Waals surface area contributed by atoms with Gasteiger partial charge in [-0.1, -0.05) is 6.07 Å². The molecule has 1 N–H and O–H groups in total. The van der Waals surface area contributed by atoms with Gasteiger partial charge in [-0.05, 0) is 48.0 Å². The molecule has 108 valence electrons. The predicted molar refractivity (Wildman–Crippen MR) is 80.2 cm³/mol. The number of halogens is 1. The van der Waals surface area contributed by atoms with Crippen LogP contribution in [-0.2, 0) is 4.74 Å². The summed E-state index contributed by atoms with van der Waals surface area (Å²) in [5, 5.41) is 3.31. The highest BCUT2D eigenvalue weighted by atomic mass is 79.9. The molecule has 0 bridgehead atoms. The molecule has 0 unspecified atom stereocenters. The smallest absolute Gasteiger partial charge is 0.175 e. The summed E-state index contributed by atoms with van der Waals surface area (Å²) in [5.74, 6) is 1.49. The summed E-state index contributed by atoms with van der Waals surface area (Å²) in [6, 6.07) is 5.74. The van der Waals surface area contributed by atoms with Gasteiger partial charge in [0.1, 0.15) is 6.61 Å². The number of benzene rings is 1. The van der Waals surface area contributed by atoms with Gasteiger partial charge in [-0.25, -0.2) is 0 Å². The number of hydrogen-bond donors (Lipinski definition) is 1. The molecule has 0 amide bonds. The van der Waals surface area contributed by atoms with E-state index < -0.39 is 0 Å². The van der Waals surface area contributed by atoms with Gasteiger partial charge in [-0.3, -0.25) is 0 Å². The van der Waals surface area contributed by atoms with E-state index in [2.05, 4.69) is 21.2 Å². The topological polar surface area (TPSA) is 39.7 Å². The van der Waals surface area contributed by atoms with E-state index in [1.165, 1.54) is 0 Å². The lowest BCUT2D eigenvalue weighted by molar-refractivity contribution is 0.144. The number of hydrogen-bond acceptors (Lipinski definition) is 4. The average Bonchev–Trinajstić information content (AvgIpc) is 2.43. The highest BCUT2D eigenvalue weighted by Gasteiger charge is 2.07. The first-order chi connectivity index (χ1) is 9.29. The summed E-state index contributed by atoms with van der Waals surface area (Å²) >= 11 is 3.46. The third-order valence-corrected chi connectivity index (χ3v) is 3.15. The average molecular weight is 332 g/mol. The van der Waals surface area contributed by atoms with Crippen LogP contribution in [-0.4, -0.2) is 40.0 Å². The van der Waals surface area contributed by atoms with Gasteiger partial charge < -0.3 is 19.5 Å². The van der Waals surface area contributed by atoms with Crippen molar-refractivity contribution in [1.29, 1.82) is 0 Å². The summed E-state index contributed by atoms with van der Waals surface area (Å²) in [7, 11) is 1.64. The second kappa shape index (κ2) is 10.1. The molecule has 0 aliphatic heterocycles. The Morgan fingerprint density at radius 2 is 2.05 bits per heavy atom. The molecular weight excluding hydrogens is 310 g/mol. The quantitative estimate of drug-likeness (QED) is 0.669. The maximum absolute atomic E-state index is 5.72. The van der Waals surface area contributed by atoms with E-state index in [9.17, 15) is 0 Å². The van der Waals surface area contributed by atoms with Gasteiger partial charge in [0.2, 0.25) is 0 Å². The molecule has 19 heavy (non-hydrogen) atoms. The minimum absolute atomic E-state index is 0.605. The van der Waals surface area contributed by atoms with Crippen molar-refractivity contribution in [3.63, 3.8) is 0 Å². The molecule has 0 heterocycles. The molecule has 0 aromatic heterocycles. The standard InChI is InChI=1S/C14H22BrNO3/c1-3-18-10-5-8-16-9-11-19-14-12(15)6-4-7-13(14)17-2/h4,6-7,16H,3,5,8-11H2,1-2H3. The van der Waals surface area contributed by atoms with Crippen molar-refractivity contribution in [2.45, 2.75) is 13.3 Å². The van der Waals surface area contributed by atoms with E-state index in [1.54, 1.807) is 7.11 Å². The second-order valence-corrected chi connectivity index (χ2v) is 4.77. The van der Waals surface area contributed by atoms with Gasteiger partial charge >= 0.3 is 0 Å². The van der Waals surface area contributed by atoms with Crippen molar-refractivity contribution in [1.82, 2.24) is 5.32 Å². The van der Waals surface area contributed by atoms with Crippen molar-refractivity contribution in [3.05, 3.63) is 22.7 Å². The number of methoxy groups -OCH3 is 1. The zero-order chi connectivity index (χ0) is 13.9. The van der Waals surface area contributed by atoms with Gasteiger partial charge in [-0.15, -0.1) is 0 Å². The van der Waals surface area contributed by atoms with Crippen molar-refractivity contribution >= 4 is 15.9 Å². The molecule has 1 aromatic rings. The Balaban J connectivity index is 2.19. The highest BCUT2D eigenvalue weighted by molar-refractivity contribution is 9.10. The summed E-state index contributed by atoms with van der Waals surface area (Å²) in [6.07, 6.45) is 1.02. The maximum Gasteiger partial charge on any atom is 0.175 e. The van der Waals surface area contributed by atoms with Crippen LogP contribution in [0.4, 0.5) is 0 Å². The van der Waals surface area contributed by atoms with Gasteiger partial charge in [0.25, 0.3) is 0 Å². The lowest BCUT2D eigenvalue weighted by atomic mass is 10.3. The number of para-hydroxylation sites is 1. The molecule has 1 rings (SSSR count). The van der Waals surface area contributed by atoms with Gasteiger partial charge in [0, 0.05) is 19.8 Å². The van der Waals surface area contributed by atoms with E-state index in [1.807, 2.05) is 25.1 Å². The zero-order valence-electron chi connectivity index (χ0n) is 11.6. The Morgan fingerprint density at radius 1 is 1.21 bits per heavy atom. The molecule has 1 aromatic carbocycles. The van der Waals surface area contributed by atoms with Crippen LogP contribution >= 0.6 is 15.9 Å². The lowest BCUT2D eigenvalue weighted by Crippen LogP contribution is -2.23. The van der Waals surface area contributed by atoms with E-state index >= 15 is 0 Å². The number of rotatable bonds is 10. The summed E-state index contributed by atoms with van der Waals surface area (Å²) in [6.45, 7) is 5.94. The van der Waals surface area contributed by atoms with Crippen LogP contribution in [0.1, 0.15) is 13.3 Å². The van der Waals surface area contributed by atoms with Crippen molar-refractivity contribution in [2.75, 3.05) is 40.0 Å². The third-order valence-electron chi connectivity index (χ3n) is 2.52. The molecule has 0 saturated carbocycles. The number of ether oxygens (including phenoxy) is 3. The van der Waals surface area contributed by atoms with E-state index in [4.69, 9.17) is 14.2 Å². The van der Waals surface area contributed by atoms with Crippen LogP contribution < -0.4 is 14.8 Å². The Morgan fingerprint density at radius 3 is 2.79 bits per heavy atom. The minimum atomic E-state index is 0.605. The fourth-order valence-electron chi connectivity index (χ4n) is 1.58. The number of nitrogens with one attached hydrogen (secondary N) is 1. The highest BCUT2D eigenvalue weighted by Crippen LogP contribution is 2.34. The summed E-state index contributed by atoms with van der Waals surface area (Å²) in [4.78, 5) is 0. The first-order valence-electron chi connectivity index (χ1n) is 6.53. The zero-order valence-corrected chi connectivity index (χ0v) is 13.2. The molecule has 0 radical (unpaired) electrons. The molecule has 0 aliphatic rings. The lowest BCUT2D eigenvalue weighted by Gasteiger charge is -2.12. The first kappa shape index (κ1) is 16.3. The van der Waals surface area contributed by atoms with Crippen LogP contribution in [0.25, 0.3) is 0 Å². The van der Waals surface area contributed by atoms with Crippen molar-refractivity contribution < 1.29 is 14.2 Å². The van der Waals surface area contributed by atoms with Crippen LogP contribution in [0.15, 0.2) is 22.7 Å². The summed E-state index contributed by atoms with van der Waals surface area (Å²) < 4.78 is 17.1. The van der Waals surface area contributed by atoms with Gasteiger partial charge in [0.15, 0.2) is 11.5 Å². The van der Waals surface area contributed by atoms with Crippen LogP contribution in [0.5, 0.6) is 11.5 Å². The second-order valence-electron chi connectivity index (χ2n) is 3.92. The molecule has 0 fully saturated rings. The molecule has 0 atom stereocenters. The van der Waals surface area contributed by atoms with Crippen molar-refractivity contribution in [2.24, 2.45) is 0 Å². The van der Waals surface area contributed by atoms with Gasteiger partial charge in [0.05, 0.1) is 11.6 Å². The Bertz CT molecular complexity index is 361. The molecular formula is C14H22BrNO3. The maximum atomic E-state index is 5.72. The largest absolute Gasteiger partial charge is 0.493 e. The van der Waals surface area contributed by atoms with Crippen LogP contribution in [0.3, 0.4) is 0 Å². The molecule has 0 aliphatic carbocycles. The molecule has 4 nitrogen and oxygen atoms in total. The Hall–Kier alpha value is -0.780. The first-order valence-corrected chi connectivity index (χ1v) is 7.32. The van der Waals surface area contributed by atoms with E-state index in [0.717, 1.165) is 48.7 Å². The Labute approximate surface area is 123 Å². The SMILES string of the molecule is CCOCCCNCCOc1c(Br)cccc1OC.